The smallest absolute Gasteiger partial charge is 0.243 e. The molecule has 0 atom stereocenters. The van der Waals surface area contributed by atoms with Crippen LogP contribution in [0.25, 0.3) is 0 Å². The zero-order valence-corrected chi connectivity index (χ0v) is 12.4. The molecule has 0 bridgehead atoms. The Morgan fingerprint density at radius 2 is 2.10 bits per heavy atom. The fourth-order valence-electron chi connectivity index (χ4n) is 2.13. The Morgan fingerprint density at radius 1 is 1.40 bits per heavy atom. The number of rotatable bonds is 7. The maximum absolute atomic E-state index is 13.4. The van der Waals surface area contributed by atoms with Crippen molar-refractivity contribution in [3.63, 3.8) is 0 Å². The number of benzene rings is 1. The fraction of sp³-hybridized carbons (Fsp3) is 0.571. The lowest BCUT2D eigenvalue weighted by molar-refractivity contribution is 0.275. The van der Waals surface area contributed by atoms with Crippen LogP contribution in [-0.2, 0) is 16.6 Å². The van der Waals surface area contributed by atoms with E-state index in [2.05, 4.69) is 0 Å². The van der Waals surface area contributed by atoms with Gasteiger partial charge in [0, 0.05) is 18.7 Å². The minimum absolute atomic E-state index is 0.00828. The highest BCUT2D eigenvalue weighted by molar-refractivity contribution is 7.89. The first-order valence-corrected chi connectivity index (χ1v) is 8.32. The lowest BCUT2D eigenvalue weighted by Gasteiger charge is -2.21. The second kappa shape index (κ2) is 6.20. The molecule has 1 saturated carbocycles. The van der Waals surface area contributed by atoms with Crippen LogP contribution in [0.15, 0.2) is 23.1 Å². The minimum Gasteiger partial charge on any atom is -0.392 e. The van der Waals surface area contributed by atoms with Gasteiger partial charge in [-0.05, 0) is 43.4 Å². The SMILES string of the molecule is CCCN(CC1CC1)S(=O)(=O)c1ccc(F)c(CO)c1. The van der Waals surface area contributed by atoms with E-state index in [4.69, 9.17) is 5.11 Å². The molecule has 0 radical (unpaired) electrons. The van der Waals surface area contributed by atoms with Crippen LogP contribution in [-0.4, -0.2) is 30.9 Å². The molecule has 0 saturated heterocycles. The van der Waals surface area contributed by atoms with Crippen molar-refractivity contribution < 1.29 is 17.9 Å². The Hall–Kier alpha value is -0.980. The topological polar surface area (TPSA) is 57.6 Å². The first-order chi connectivity index (χ1) is 9.48. The van der Waals surface area contributed by atoms with Gasteiger partial charge in [0.2, 0.25) is 10.0 Å². The zero-order chi connectivity index (χ0) is 14.8. The van der Waals surface area contributed by atoms with Crippen LogP contribution in [0.3, 0.4) is 0 Å². The molecule has 0 amide bonds. The molecule has 1 aliphatic carbocycles. The Kier molecular flexibility index (Phi) is 4.78. The van der Waals surface area contributed by atoms with Crippen molar-refractivity contribution >= 4 is 10.0 Å². The van der Waals surface area contributed by atoms with E-state index in [1.807, 2.05) is 6.92 Å². The first kappa shape index (κ1) is 15.4. The molecule has 4 nitrogen and oxygen atoms in total. The van der Waals surface area contributed by atoms with E-state index in [1.54, 1.807) is 0 Å². The van der Waals surface area contributed by atoms with Crippen LogP contribution in [0, 0.1) is 11.7 Å². The number of hydrogen-bond acceptors (Lipinski definition) is 3. The summed E-state index contributed by atoms with van der Waals surface area (Å²) in [5.41, 5.74) is 0.00828. The van der Waals surface area contributed by atoms with Gasteiger partial charge in [0.1, 0.15) is 5.82 Å². The van der Waals surface area contributed by atoms with Crippen LogP contribution in [0.4, 0.5) is 4.39 Å². The number of nitrogens with zero attached hydrogens (tertiary/aromatic N) is 1. The Labute approximate surface area is 119 Å². The van der Waals surface area contributed by atoms with Crippen LogP contribution in [0.2, 0.25) is 0 Å². The van der Waals surface area contributed by atoms with Gasteiger partial charge >= 0.3 is 0 Å². The van der Waals surface area contributed by atoms with Crippen LogP contribution < -0.4 is 0 Å². The second-order valence-electron chi connectivity index (χ2n) is 5.22. The number of hydrogen-bond donors (Lipinski definition) is 1. The average Bonchev–Trinajstić information content (AvgIpc) is 3.22. The molecule has 0 spiro atoms. The average molecular weight is 301 g/mol. The molecule has 0 unspecified atom stereocenters. The summed E-state index contributed by atoms with van der Waals surface area (Å²) in [6.45, 7) is 2.41. The molecule has 1 aliphatic rings. The van der Waals surface area contributed by atoms with Crippen molar-refractivity contribution in [2.45, 2.75) is 37.7 Å². The van der Waals surface area contributed by atoms with E-state index in [0.29, 0.717) is 19.0 Å². The highest BCUT2D eigenvalue weighted by Gasteiger charge is 2.31. The van der Waals surface area contributed by atoms with Gasteiger partial charge in [-0.3, -0.25) is 0 Å². The lowest BCUT2D eigenvalue weighted by Crippen LogP contribution is -2.33. The second-order valence-corrected chi connectivity index (χ2v) is 7.16. The number of sulfonamides is 1. The summed E-state index contributed by atoms with van der Waals surface area (Å²) in [4.78, 5) is 0.0528. The summed E-state index contributed by atoms with van der Waals surface area (Å²) in [6, 6.07) is 3.58. The van der Waals surface area contributed by atoms with Crippen LogP contribution >= 0.6 is 0 Å². The van der Waals surface area contributed by atoms with Gasteiger partial charge in [0.25, 0.3) is 0 Å². The van der Waals surface area contributed by atoms with Gasteiger partial charge in [-0.1, -0.05) is 6.92 Å². The van der Waals surface area contributed by atoms with Crippen molar-refractivity contribution in [2.75, 3.05) is 13.1 Å². The van der Waals surface area contributed by atoms with Gasteiger partial charge in [-0.25, -0.2) is 12.8 Å². The maximum Gasteiger partial charge on any atom is 0.243 e. The minimum atomic E-state index is -3.61. The molecular weight excluding hydrogens is 281 g/mol. The van der Waals surface area contributed by atoms with E-state index in [1.165, 1.54) is 16.4 Å². The molecule has 0 aromatic heterocycles. The van der Waals surface area contributed by atoms with Crippen LogP contribution in [0.5, 0.6) is 0 Å². The van der Waals surface area contributed by atoms with Crippen molar-refractivity contribution in [1.29, 1.82) is 0 Å². The third-order valence-corrected chi connectivity index (χ3v) is 5.32. The van der Waals surface area contributed by atoms with Gasteiger partial charge in [0.15, 0.2) is 0 Å². The van der Waals surface area contributed by atoms with Crippen molar-refractivity contribution in [3.8, 4) is 0 Å². The highest BCUT2D eigenvalue weighted by Crippen LogP contribution is 2.32. The third kappa shape index (κ3) is 3.37. The number of aliphatic hydroxyl groups is 1. The quantitative estimate of drug-likeness (QED) is 0.839. The molecule has 20 heavy (non-hydrogen) atoms. The summed E-state index contributed by atoms with van der Waals surface area (Å²) in [5, 5.41) is 9.06. The van der Waals surface area contributed by atoms with E-state index in [-0.39, 0.29) is 10.5 Å². The predicted molar refractivity (Wildman–Crippen MR) is 74.1 cm³/mol. The molecule has 1 N–H and O–H groups in total. The first-order valence-electron chi connectivity index (χ1n) is 6.88. The summed E-state index contributed by atoms with van der Waals surface area (Å²) >= 11 is 0. The molecule has 0 heterocycles. The molecule has 1 fully saturated rings. The lowest BCUT2D eigenvalue weighted by atomic mass is 10.2. The van der Waals surface area contributed by atoms with E-state index >= 15 is 0 Å². The van der Waals surface area contributed by atoms with E-state index in [9.17, 15) is 12.8 Å². The molecule has 112 valence electrons. The Morgan fingerprint density at radius 3 is 2.65 bits per heavy atom. The van der Waals surface area contributed by atoms with E-state index in [0.717, 1.165) is 25.3 Å². The Bertz CT molecular complexity index is 570. The molecule has 6 heteroatoms. The molecule has 1 aromatic rings. The van der Waals surface area contributed by atoms with E-state index < -0.39 is 22.4 Å². The van der Waals surface area contributed by atoms with Gasteiger partial charge in [-0.15, -0.1) is 0 Å². The number of aliphatic hydroxyl groups excluding tert-OH is 1. The van der Waals surface area contributed by atoms with Crippen molar-refractivity contribution in [2.24, 2.45) is 5.92 Å². The largest absolute Gasteiger partial charge is 0.392 e. The summed E-state index contributed by atoms with van der Waals surface area (Å²) < 4.78 is 40.0. The monoisotopic (exact) mass is 301 g/mol. The molecule has 2 rings (SSSR count). The van der Waals surface area contributed by atoms with Gasteiger partial charge < -0.3 is 5.11 Å². The standard InChI is InChI=1S/C14H20FNO3S/c1-2-7-16(9-11-3-4-11)20(18,19)13-5-6-14(15)12(8-13)10-17/h5-6,8,11,17H,2-4,7,9-10H2,1H3. The van der Waals surface area contributed by atoms with Gasteiger partial charge in [0.05, 0.1) is 11.5 Å². The third-order valence-electron chi connectivity index (χ3n) is 3.46. The van der Waals surface area contributed by atoms with Gasteiger partial charge in [-0.2, -0.15) is 4.31 Å². The summed E-state index contributed by atoms with van der Waals surface area (Å²) in [7, 11) is -3.61. The molecule has 0 aliphatic heterocycles. The molecule has 1 aromatic carbocycles. The summed E-state index contributed by atoms with van der Waals surface area (Å²) in [6.07, 6.45) is 2.88. The zero-order valence-electron chi connectivity index (χ0n) is 11.5. The Balaban J connectivity index is 2.30. The fourth-order valence-corrected chi connectivity index (χ4v) is 3.79. The van der Waals surface area contributed by atoms with Crippen molar-refractivity contribution in [1.82, 2.24) is 4.31 Å². The molecular formula is C14H20FNO3S. The van der Waals surface area contributed by atoms with Crippen molar-refractivity contribution in [3.05, 3.63) is 29.6 Å². The van der Waals surface area contributed by atoms with Crippen LogP contribution in [0.1, 0.15) is 31.7 Å². The number of halogens is 1. The highest BCUT2D eigenvalue weighted by atomic mass is 32.2. The summed E-state index contributed by atoms with van der Waals surface area (Å²) in [5.74, 6) is -0.134. The predicted octanol–water partition coefficient (Wildman–Crippen LogP) is 2.13. The maximum atomic E-state index is 13.4. The normalized spacial score (nSPS) is 15.8.